The maximum atomic E-state index is 11.9. The summed E-state index contributed by atoms with van der Waals surface area (Å²) in [7, 11) is 0. The van der Waals surface area contributed by atoms with Crippen molar-refractivity contribution in [1.82, 2.24) is 5.32 Å². The Kier molecular flexibility index (Phi) is 6.00. The van der Waals surface area contributed by atoms with E-state index >= 15 is 0 Å². The fourth-order valence-electron chi connectivity index (χ4n) is 2.20. The number of carbonyl (C=O) groups is 1. The van der Waals surface area contributed by atoms with Gasteiger partial charge in [-0.3, -0.25) is 0 Å². The van der Waals surface area contributed by atoms with Gasteiger partial charge in [0, 0.05) is 0 Å². The van der Waals surface area contributed by atoms with Crippen LogP contribution in [0.4, 0.5) is 4.79 Å². The molecule has 1 amide bonds. The lowest BCUT2D eigenvalue weighted by Crippen LogP contribution is -2.39. The molecule has 2 aromatic rings. The highest BCUT2D eigenvalue weighted by Crippen LogP contribution is 2.12. The summed E-state index contributed by atoms with van der Waals surface area (Å²) in [6.45, 7) is 1.95. The molecule has 0 fully saturated rings. The van der Waals surface area contributed by atoms with Gasteiger partial charge in [-0.15, -0.1) is 0 Å². The smallest absolute Gasteiger partial charge is 0.407 e. The third-order valence-electron chi connectivity index (χ3n) is 3.58. The predicted octanol–water partition coefficient (Wildman–Crippen LogP) is 2.53. The number of ether oxygens (including phenoxy) is 1. The molecule has 0 radical (unpaired) electrons. The van der Waals surface area contributed by atoms with Crippen LogP contribution in [0.15, 0.2) is 48.5 Å². The van der Waals surface area contributed by atoms with E-state index in [9.17, 15) is 15.0 Å². The summed E-state index contributed by atoms with van der Waals surface area (Å²) < 4.78 is 5.20. The van der Waals surface area contributed by atoms with E-state index in [1.54, 1.807) is 24.3 Å². The Morgan fingerprint density at radius 1 is 1.17 bits per heavy atom. The highest BCUT2D eigenvalue weighted by atomic mass is 16.5. The van der Waals surface area contributed by atoms with E-state index in [0.717, 1.165) is 16.7 Å². The van der Waals surface area contributed by atoms with Gasteiger partial charge in [0.15, 0.2) is 0 Å². The van der Waals surface area contributed by atoms with Crippen molar-refractivity contribution in [3.8, 4) is 5.75 Å². The van der Waals surface area contributed by atoms with Crippen molar-refractivity contribution in [3.63, 3.8) is 0 Å². The zero-order valence-corrected chi connectivity index (χ0v) is 13.0. The molecule has 2 rings (SSSR count). The molecule has 1 atom stereocenters. The number of amides is 1. The Labute approximate surface area is 135 Å². The summed E-state index contributed by atoms with van der Waals surface area (Å²) in [6, 6.07) is 13.9. The second-order valence-electron chi connectivity index (χ2n) is 5.40. The number of hydrogen-bond donors (Lipinski definition) is 3. The minimum atomic E-state index is -0.564. The summed E-state index contributed by atoms with van der Waals surface area (Å²) in [5.74, 6) is 0.180. The molecule has 0 aliphatic rings. The first-order valence-electron chi connectivity index (χ1n) is 7.45. The Balaban J connectivity index is 1.84. The zero-order valence-electron chi connectivity index (χ0n) is 13.0. The van der Waals surface area contributed by atoms with E-state index in [2.05, 4.69) is 5.32 Å². The van der Waals surface area contributed by atoms with Gasteiger partial charge in [-0.1, -0.05) is 36.4 Å². The minimum Gasteiger partial charge on any atom is -0.508 e. The molecule has 122 valence electrons. The van der Waals surface area contributed by atoms with Crippen LogP contribution in [0.3, 0.4) is 0 Å². The average Bonchev–Trinajstić information content (AvgIpc) is 2.55. The molecule has 2 aromatic carbocycles. The van der Waals surface area contributed by atoms with Gasteiger partial charge in [-0.2, -0.15) is 0 Å². The quantitative estimate of drug-likeness (QED) is 0.765. The molecule has 0 aliphatic carbocycles. The number of aromatic hydroxyl groups is 1. The number of aryl methyl sites for hydroxylation is 1. The van der Waals surface area contributed by atoms with Gasteiger partial charge >= 0.3 is 6.09 Å². The van der Waals surface area contributed by atoms with E-state index in [0.29, 0.717) is 6.42 Å². The van der Waals surface area contributed by atoms with Gasteiger partial charge in [0.25, 0.3) is 0 Å². The lowest BCUT2D eigenvalue weighted by atomic mass is 10.1. The van der Waals surface area contributed by atoms with Crippen LogP contribution in [0.5, 0.6) is 5.75 Å². The third-order valence-corrected chi connectivity index (χ3v) is 3.58. The van der Waals surface area contributed by atoms with Crippen LogP contribution >= 0.6 is 0 Å². The van der Waals surface area contributed by atoms with Gasteiger partial charge in [0.1, 0.15) is 12.4 Å². The van der Waals surface area contributed by atoms with Gasteiger partial charge in [-0.25, -0.2) is 4.79 Å². The predicted molar refractivity (Wildman–Crippen MR) is 87.2 cm³/mol. The van der Waals surface area contributed by atoms with Crippen molar-refractivity contribution >= 4 is 6.09 Å². The van der Waals surface area contributed by atoms with Crippen LogP contribution < -0.4 is 5.32 Å². The average molecular weight is 315 g/mol. The number of aliphatic hydroxyl groups excluding tert-OH is 1. The van der Waals surface area contributed by atoms with Gasteiger partial charge in [0.05, 0.1) is 12.6 Å². The van der Waals surface area contributed by atoms with E-state index in [1.807, 2.05) is 31.2 Å². The Bertz CT molecular complexity index is 640. The summed E-state index contributed by atoms with van der Waals surface area (Å²) in [6.07, 6.45) is -0.109. The standard InChI is InChI=1S/C18H21NO4/c1-13-4-2-3-5-15(13)12-23-18(22)19-16(11-20)10-14-6-8-17(21)9-7-14/h2-9,16,20-21H,10-12H2,1H3,(H,19,22). The minimum absolute atomic E-state index is 0.180. The Morgan fingerprint density at radius 2 is 1.87 bits per heavy atom. The molecule has 0 aliphatic heterocycles. The number of nitrogens with one attached hydrogen (secondary N) is 1. The second kappa shape index (κ2) is 8.19. The number of aliphatic hydroxyl groups is 1. The van der Waals surface area contributed by atoms with Crippen molar-refractivity contribution in [2.45, 2.75) is 26.0 Å². The number of carbonyl (C=O) groups excluding carboxylic acids is 1. The Hall–Kier alpha value is -2.53. The third kappa shape index (κ3) is 5.30. The molecule has 0 spiro atoms. The normalized spacial score (nSPS) is 11.7. The van der Waals surface area contributed by atoms with Crippen molar-refractivity contribution in [1.29, 1.82) is 0 Å². The lowest BCUT2D eigenvalue weighted by Gasteiger charge is -2.16. The van der Waals surface area contributed by atoms with Crippen molar-refractivity contribution in [2.24, 2.45) is 0 Å². The zero-order chi connectivity index (χ0) is 16.7. The lowest BCUT2D eigenvalue weighted by molar-refractivity contribution is 0.129. The van der Waals surface area contributed by atoms with Gasteiger partial charge in [-0.05, 0) is 42.2 Å². The molecule has 5 nitrogen and oxygen atoms in total. The fraction of sp³-hybridized carbons (Fsp3) is 0.278. The molecule has 3 N–H and O–H groups in total. The SMILES string of the molecule is Cc1ccccc1COC(=O)NC(CO)Cc1ccc(O)cc1. The van der Waals surface area contributed by atoms with Crippen LogP contribution in [0.25, 0.3) is 0 Å². The fourth-order valence-corrected chi connectivity index (χ4v) is 2.20. The van der Waals surface area contributed by atoms with Crippen molar-refractivity contribution < 1.29 is 19.7 Å². The van der Waals surface area contributed by atoms with Crippen LogP contribution in [0.2, 0.25) is 0 Å². The molecule has 0 bridgehead atoms. The van der Waals surface area contributed by atoms with Gasteiger partial charge < -0.3 is 20.3 Å². The van der Waals surface area contributed by atoms with Crippen molar-refractivity contribution in [3.05, 3.63) is 65.2 Å². The topological polar surface area (TPSA) is 78.8 Å². The number of hydrogen-bond acceptors (Lipinski definition) is 4. The first-order valence-corrected chi connectivity index (χ1v) is 7.45. The van der Waals surface area contributed by atoms with Crippen LogP contribution in [0.1, 0.15) is 16.7 Å². The maximum Gasteiger partial charge on any atom is 0.407 e. The number of rotatable bonds is 6. The Morgan fingerprint density at radius 3 is 2.52 bits per heavy atom. The molecule has 1 unspecified atom stereocenters. The molecule has 0 saturated carbocycles. The monoisotopic (exact) mass is 315 g/mol. The molecule has 0 aromatic heterocycles. The highest BCUT2D eigenvalue weighted by Gasteiger charge is 2.13. The number of phenolic OH excluding ortho intramolecular Hbond substituents is 1. The van der Waals surface area contributed by atoms with Gasteiger partial charge in [0.2, 0.25) is 0 Å². The van der Waals surface area contributed by atoms with E-state index < -0.39 is 12.1 Å². The van der Waals surface area contributed by atoms with Crippen LogP contribution in [-0.4, -0.2) is 29.0 Å². The summed E-state index contributed by atoms with van der Waals surface area (Å²) in [4.78, 5) is 11.9. The number of alkyl carbamates (subject to hydrolysis) is 1. The largest absolute Gasteiger partial charge is 0.508 e. The molecule has 23 heavy (non-hydrogen) atoms. The number of phenols is 1. The summed E-state index contributed by atoms with van der Waals surface area (Å²) >= 11 is 0. The number of benzene rings is 2. The van der Waals surface area contributed by atoms with E-state index in [4.69, 9.17) is 4.74 Å². The molecular formula is C18H21NO4. The summed E-state index contributed by atoms with van der Waals surface area (Å²) in [5, 5.41) is 21.3. The first kappa shape index (κ1) is 16.8. The van der Waals surface area contributed by atoms with E-state index in [-0.39, 0.29) is 19.0 Å². The first-order chi connectivity index (χ1) is 11.1. The van der Waals surface area contributed by atoms with Crippen LogP contribution in [0, 0.1) is 6.92 Å². The maximum absolute atomic E-state index is 11.9. The molecule has 5 heteroatoms. The molecule has 0 heterocycles. The van der Waals surface area contributed by atoms with E-state index in [1.165, 1.54) is 0 Å². The van der Waals surface area contributed by atoms with Crippen molar-refractivity contribution in [2.75, 3.05) is 6.61 Å². The van der Waals surface area contributed by atoms with Crippen LogP contribution in [-0.2, 0) is 17.8 Å². The second-order valence-corrected chi connectivity index (χ2v) is 5.40. The molecular weight excluding hydrogens is 294 g/mol. The summed E-state index contributed by atoms with van der Waals surface area (Å²) in [5.41, 5.74) is 2.91. The highest BCUT2D eigenvalue weighted by molar-refractivity contribution is 5.67. The molecule has 0 saturated heterocycles.